The highest BCUT2D eigenvalue weighted by Gasteiger charge is 2.27. The highest BCUT2D eigenvalue weighted by Crippen LogP contribution is 2.22. The highest BCUT2D eigenvalue weighted by molar-refractivity contribution is 5.92. The number of esters is 2. The molecule has 0 aromatic heterocycles. The Bertz CT molecular complexity index is 830. The topological polar surface area (TPSA) is 52.6 Å². The van der Waals surface area contributed by atoms with Crippen LogP contribution in [0.15, 0.2) is 91.0 Å². The molecule has 0 N–H and O–H groups in total. The van der Waals surface area contributed by atoms with E-state index in [0.717, 1.165) is 0 Å². The fraction of sp³-hybridized carbons (Fsp3) is 0.0476. The zero-order valence-corrected chi connectivity index (χ0v) is 13.4. The molecule has 0 spiro atoms. The number of carbonyl (C=O) groups is 2. The third kappa shape index (κ3) is 4.32. The lowest BCUT2D eigenvalue weighted by molar-refractivity contribution is -0.144. The largest absolute Gasteiger partial charge is 0.442 e. The van der Waals surface area contributed by atoms with Crippen LogP contribution in [0.2, 0.25) is 0 Å². The van der Waals surface area contributed by atoms with Crippen LogP contribution in [-0.4, -0.2) is 11.9 Å². The number of ether oxygens (including phenoxy) is 2. The molecule has 0 radical (unpaired) electrons. The average molecular weight is 332 g/mol. The Morgan fingerprint density at radius 3 is 1.80 bits per heavy atom. The van der Waals surface area contributed by atoms with Crippen LogP contribution in [0.3, 0.4) is 0 Å². The molecule has 0 amide bonds. The van der Waals surface area contributed by atoms with Crippen molar-refractivity contribution in [3.8, 4) is 5.75 Å². The molecule has 0 aliphatic carbocycles. The Balaban J connectivity index is 1.83. The molecule has 1 unspecified atom stereocenters. The van der Waals surface area contributed by atoms with Crippen molar-refractivity contribution in [2.24, 2.45) is 0 Å². The molecule has 0 aliphatic heterocycles. The summed E-state index contributed by atoms with van der Waals surface area (Å²) in [5, 5.41) is 0. The van der Waals surface area contributed by atoms with E-state index < -0.39 is 18.0 Å². The van der Waals surface area contributed by atoms with Crippen LogP contribution < -0.4 is 4.74 Å². The second-order valence-corrected chi connectivity index (χ2v) is 5.30. The van der Waals surface area contributed by atoms with Gasteiger partial charge in [-0.1, -0.05) is 66.7 Å². The van der Waals surface area contributed by atoms with Crippen molar-refractivity contribution in [3.05, 3.63) is 102 Å². The lowest BCUT2D eigenvalue weighted by Crippen LogP contribution is -2.24. The van der Waals surface area contributed by atoms with Crippen molar-refractivity contribution in [3.63, 3.8) is 0 Å². The first-order valence-corrected chi connectivity index (χ1v) is 7.82. The van der Waals surface area contributed by atoms with Gasteiger partial charge < -0.3 is 9.47 Å². The predicted octanol–water partition coefficient (Wildman–Crippen LogP) is 4.19. The molecule has 25 heavy (non-hydrogen) atoms. The summed E-state index contributed by atoms with van der Waals surface area (Å²) in [6.07, 6.45) is -1.14. The van der Waals surface area contributed by atoms with Crippen LogP contribution in [0.5, 0.6) is 5.75 Å². The zero-order chi connectivity index (χ0) is 17.5. The Morgan fingerprint density at radius 1 is 0.680 bits per heavy atom. The van der Waals surface area contributed by atoms with E-state index >= 15 is 0 Å². The molecule has 0 heterocycles. The molecule has 0 bridgehead atoms. The van der Waals surface area contributed by atoms with Gasteiger partial charge in [0.2, 0.25) is 6.10 Å². The molecule has 4 heteroatoms. The smallest absolute Gasteiger partial charge is 0.357 e. The predicted molar refractivity (Wildman–Crippen MR) is 93.1 cm³/mol. The Labute approximate surface area is 145 Å². The first kappa shape index (κ1) is 16.5. The summed E-state index contributed by atoms with van der Waals surface area (Å²) in [6, 6.07) is 26.0. The van der Waals surface area contributed by atoms with Gasteiger partial charge in [0.1, 0.15) is 5.75 Å². The van der Waals surface area contributed by atoms with Crippen LogP contribution >= 0.6 is 0 Å². The molecular formula is C21H16O4. The van der Waals surface area contributed by atoms with E-state index in [9.17, 15) is 9.59 Å². The molecule has 0 fully saturated rings. The van der Waals surface area contributed by atoms with Gasteiger partial charge in [-0.15, -0.1) is 0 Å². The maximum Gasteiger partial charge on any atom is 0.357 e. The lowest BCUT2D eigenvalue weighted by Gasteiger charge is -2.17. The van der Waals surface area contributed by atoms with Gasteiger partial charge in [0.05, 0.1) is 5.56 Å². The number of hydrogen-bond donors (Lipinski definition) is 0. The van der Waals surface area contributed by atoms with E-state index in [4.69, 9.17) is 9.47 Å². The number of carbonyl (C=O) groups excluding carboxylic acids is 2. The molecule has 3 aromatic rings. The van der Waals surface area contributed by atoms with E-state index in [1.165, 1.54) is 0 Å². The third-order valence-corrected chi connectivity index (χ3v) is 3.51. The van der Waals surface area contributed by atoms with Crippen LogP contribution in [0.25, 0.3) is 0 Å². The van der Waals surface area contributed by atoms with Crippen molar-refractivity contribution in [1.82, 2.24) is 0 Å². The molecule has 1 atom stereocenters. The summed E-state index contributed by atoms with van der Waals surface area (Å²) < 4.78 is 10.8. The van der Waals surface area contributed by atoms with E-state index in [1.807, 2.05) is 12.1 Å². The van der Waals surface area contributed by atoms with Gasteiger partial charge in [0.15, 0.2) is 0 Å². The lowest BCUT2D eigenvalue weighted by atomic mass is 10.1. The van der Waals surface area contributed by atoms with E-state index in [2.05, 4.69) is 0 Å². The molecule has 0 aliphatic rings. The van der Waals surface area contributed by atoms with Crippen LogP contribution in [0.1, 0.15) is 22.0 Å². The summed E-state index contributed by atoms with van der Waals surface area (Å²) in [5.41, 5.74) is 0.920. The second-order valence-electron chi connectivity index (χ2n) is 5.30. The van der Waals surface area contributed by atoms with Crippen molar-refractivity contribution in [2.75, 3.05) is 0 Å². The number of benzene rings is 3. The van der Waals surface area contributed by atoms with Gasteiger partial charge in [-0.3, -0.25) is 0 Å². The number of para-hydroxylation sites is 1. The maximum atomic E-state index is 12.6. The molecule has 124 valence electrons. The van der Waals surface area contributed by atoms with Gasteiger partial charge in [-0.2, -0.15) is 0 Å². The number of hydrogen-bond acceptors (Lipinski definition) is 4. The number of rotatable bonds is 5. The molecule has 0 saturated carbocycles. The average Bonchev–Trinajstić information content (AvgIpc) is 2.68. The quantitative estimate of drug-likeness (QED) is 0.519. The molecular weight excluding hydrogens is 316 g/mol. The summed E-state index contributed by atoms with van der Waals surface area (Å²) >= 11 is 0. The first-order valence-electron chi connectivity index (χ1n) is 7.82. The first-order chi connectivity index (χ1) is 12.2. The monoisotopic (exact) mass is 332 g/mol. The van der Waals surface area contributed by atoms with Crippen LogP contribution in [0, 0.1) is 0 Å². The van der Waals surface area contributed by atoms with Crippen molar-refractivity contribution >= 4 is 11.9 Å². The third-order valence-electron chi connectivity index (χ3n) is 3.51. The summed E-state index contributed by atoms with van der Waals surface area (Å²) in [7, 11) is 0. The summed E-state index contributed by atoms with van der Waals surface area (Å²) in [5.74, 6) is -0.842. The standard InChI is InChI=1S/C21H16O4/c22-20(17-12-6-2-7-13-17)25-19(16-10-4-1-5-11-16)21(23)24-18-14-8-3-9-15-18/h1-15,19H. The van der Waals surface area contributed by atoms with Crippen LogP contribution in [-0.2, 0) is 9.53 Å². The van der Waals surface area contributed by atoms with Gasteiger partial charge in [-0.05, 0) is 24.3 Å². The molecule has 3 aromatic carbocycles. The minimum Gasteiger partial charge on any atom is -0.442 e. The van der Waals surface area contributed by atoms with E-state index in [1.54, 1.807) is 78.9 Å². The summed E-state index contributed by atoms with van der Waals surface area (Å²) in [6.45, 7) is 0. The molecule has 4 nitrogen and oxygen atoms in total. The Hall–Kier alpha value is -3.40. The van der Waals surface area contributed by atoms with Crippen LogP contribution in [0.4, 0.5) is 0 Å². The van der Waals surface area contributed by atoms with Crippen molar-refractivity contribution < 1.29 is 19.1 Å². The normalized spacial score (nSPS) is 11.4. The van der Waals surface area contributed by atoms with Crippen molar-refractivity contribution in [1.29, 1.82) is 0 Å². The molecule has 0 saturated heterocycles. The maximum absolute atomic E-state index is 12.6. The Morgan fingerprint density at radius 2 is 1.20 bits per heavy atom. The summed E-state index contributed by atoms with van der Waals surface area (Å²) in [4.78, 5) is 24.9. The van der Waals surface area contributed by atoms with Gasteiger partial charge in [0, 0.05) is 5.56 Å². The molecule has 3 rings (SSSR count). The highest BCUT2D eigenvalue weighted by atomic mass is 16.6. The fourth-order valence-corrected chi connectivity index (χ4v) is 2.29. The van der Waals surface area contributed by atoms with E-state index in [0.29, 0.717) is 16.9 Å². The Kier molecular flexibility index (Phi) is 5.22. The minimum absolute atomic E-state index is 0.371. The van der Waals surface area contributed by atoms with Gasteiger partial charge in [0.25, 0.3) is 0 Å². The van der Waals surface area contributed by atoms with Crippen molar-refractivity contribution in [2.45, 2.75) is 6.10 Å². The second kappa shape index (κ2) is 7.93. The SMILES string of the molecule is O=C(OC(C(=O)Oc1ccccc1)c1ccccc1)c1ccccc1. The minimum atomic E-state index is -1.14. The van der Waals surface area contributed by atoms with E-state index in [-0.39, 0.29) is 0 Å². The van der Waals surface area contributed by atoms with Gasteiger partial charge in [-0.25, -0.2) is 9.59 Å². The fourth-order valence-electron chi connectivity index (χ4n) is 2.29. The van der Waals surface area contributed by atoms with Gasteiger partial charge >= 0.3 is 11.9 Å². The zero-order valence-electron chi connectivity index (χ0n) is 13.4.